The van der Waals surface area contributed by atoms with Crippen LogP contribution in [-0.4, -0.2) is 16.7 Å². The third-order valence-corrected chi connectivity index (χ3v) is 3.48. The molecule has 3 heteroatoms. The van der Waals surface area contributed by atoms with Crippen LogP contribution in [0.5, 0.6) is 0 Å². The van der Waals surface area contributed by atoms with E-state index < -0.39 is 0 Å². The normalized spacial score (nSPS) is 13.2. The second-order valence-corrected chi connectivity index (χ2v) is 5.16. The lowest BCUT2D eigenvalue weighted by atomic mass is 9.88. The van der Waals surface area contributed by atoms with E-state index in [0.29, 0.717) is 11.5 Å². The summed E-state index contributed by atoms with van der Waals surface area (Å²) in [6, 6.07) is 7.84. The monoisotopic (exact) mass is 245 g/mol. The second-order valence-electron chi connectivity index (χ2n) is 5.16. The van der Waals surface area contributed by atoms with E-state index in [9.17, 15) is 9.90 Å². The Hall–Kier alpha value is -1.61. The fraction of sp³-hybridized carbons (Fsp3) is 0.400. The Morgan fingerprint density at radius 2 is 2.00 bits per heavy atom. The number of pyridine rings is 1. The number of hydrogen-bond acceptors (Lipinski definition) is 2. The molecule has 0 aliphatic rings. The molecule has 3 nitrogen and oxygen atoms in total. The van der Waals surface area contributed by atoms with Gasteiger partial charge < -0.3 is 10.1 Å². The molecule has 18 heavy (non-hydrogen) atoms. The molecule has 0 radical (unpaired) electrons. The Balaban J connectivity index is 2.56. The molecule has 0 saturated heterocycles. The zero-order valence-corrected chi connectivity index (χ0v) is 11.0. The van der Waals surface area contributed by atoms with Crippen LogP contribution in [0.4, 0.5) is 0 Å². The predicted molar refractivity (Wildman–Crippen MR) is 74.0 cm³/mol. The molecular formula is C15H19NO2. The topological polar surface area (TPSA) is 53.1 Å². The Morgan fingerprint density at radius 1 is 1.28 bits per heavy atom. The summed E-state index contributed by atoms with van der Waals surface area (Å²) in [5, 5.41) is 10.5. The minimum Gasteiger partial charge on any atom is -0.396 e. The number of benzene rings is 1. The van der Waals surface area contributed by atoms with Gasteiger partial charge in [0, 0.05) is 17.0 Å². The van der Waals surface area contributed by atoms with Gasteiger partial charge in [-0.3, -0.25) is 4.79 Å². The summed E-state index contributed by atoms with van der Waals surface area (Å²) in [7, 11) is 0. The van der Waals surface area contributed by atoms with Crippen LogP contribution in [-0.2, 0) is 0 Å². The fourth-order valence-corrected chi connectivity index (χ4v) is 2.27. The molecule has 0 fully saturated rings. The first kappa shape index (κ1) is 12.8. The lowest BCUT2D eigenvalue weighted by molar-refractivity contribution is 0.237. The smallest absolute Gasteiger partial charge is 0.251 e. The van der Waals surface area contributed by atoms with Crippen LogP contribution in [0.1, 0.15) is 30.9 Å². The van der Waals surface area contributed by atoms with Crippen molar-refractivity contribution in [1.29, 1.82) is 0 Å². The molecule has 2 aromatic rings. The molecule has 0 aliphatic carbocycles. The van der Waals surface area contributed by atoms with Gasteiger partial charge in [-0.05, 0) is 42.0 Å². The molecule has 0 bridgehead atoms. The molecule has 0 amide bonds. The van der Waals surface area contributed by atoms with Gasteiger partial charge in [-0.25, -0.2) is 0 Å². The van der Waals surface area contributed by atoms with Crippen molar-refractivity contribution >= 4 is 10.9 Å². The highest BCUT2D eigenvalue weighted by molar-refractivity contribution is 5.79. The SMILES string of the molecule is Cc1cc2cc(C(CO)C(C)C)ccc2[nH]c1=O. The summed E-state index contributed by atoms with van der Waals surface area (Å²) in [4.78, 5) is 14.4. The zero-order valence-electron chi connectivity index (χ0n) is 11.0. The fourth-order valence-electron chi connectivity index (χ4n) is 2.27. The third-order valence-electron chi connectivity index (χ3n) is 3.48. The lowest BCUT2D eigenvalue weighted by Crippen LogP contribution is -2.12. The number of fused-ring (bicyclic) bond motifs is 1. The van der Waals surface area contributed by atoms with Crippen molar-refractivity contribution in [3.63, 3.8) is 0 Å². The quantitative estimate of drug-likeness (QED) is 0.873. The predicted octanol–water partition coefficient (Wildman–Crippen LogP) is 2.57. The van der Waals surface area contributed by atoms with E-state index >= 15 is 0 Å². The Bertz CT molecular complexity index is 613. The number of rotatable bonds is 3. The van der Waals surface area contributed by atoms with Crippen LogP contribution in [0.3, 0.4) is 0 Å². The van der Waals surface area contributed by atoms with Crippen LogP contribution < -0.4 is 5.56 Å². The Morgan fingerprint density at radius 3 is 2.61 bits per heavy atom. The highest BCUT2D eigenvalue weighted by Gasteiger charge is 2.15. The van der Waals surface area contributed by atoms with Gasteiger partial charge in [-0.1, -0.05) is 19.9 Å². The van der Waals surface area contributed by atoms with Gasteiger partial charge in [-0.15, -0.1) is 0 Å². The molecule has 2 N–H and O–H groups in total. The largest absolute Gasteiger partial charge is 0.396 e. The average molecular weight is 245 g/mol. The number of H-pyrrole nitrogens is 1. The maximum absolute atomic E-state index is 11.5. The highest BCUT2D eigenvalue weighted by Crippen LogP contribution is 2.26. The second kappa shape index (κ2) is 4.94. The minimum atomic E-state index is -0.0437. The number of aliphatic hydroxyl groups excluding tert-OH is 1. The standard InChI is InChI=1S/C15H19NO2/c1-9(2)13(8-17)11-4-5-14-12(7-11)6-10(3)15(18)16-14/h4-7,9,13,17H,8H2,1-3H3,(H,16,18). The van der Waals surface area contributed by atoms with E-state index in [0.717, 1.165) is 16.5 Å². The van der Waals surface area contributed by atoms with Gasteiger partial charge >= 0.3 is 0 Å². The number of aliphatic hydroxyl groups is 1. The first-order valence-corrected chi connectivity index (χ1v) is 6.27. The molecule has 2 rings (SSSR count). The molecule has 96 valence electrons. The average Bonchev–Trinajstić information content (AvgIpc) is 2.31. The Kier molecular flexibility index (Phi) is 3.53. The first-order valence-electron chi connectivity index (χ1n) is 6.27. The summed E-state index contributed by atoms with van der Waals surface area (Å²) in [5.74, 6) is 0.526. The lowest BCUT2D eigenvalue weighted by Gasteiger charge is -2.19. The third kappa shape index (κ3) is 2.31. The Labute approximate surface area is 106 Å². The maximum atomic E-state index is 11.5. The minimum absolute atomic E-state index is 0.0437. The van der Waals surface area contributed by atoms with Crippen LogP contribution in [0.2, 0.25) is 0 Å². The van der Waals surface area contributed by atoms with Crippen LogP contribution >= 0.6 is 0 Å². The van der Waals surface area contributed by atoms with Crippen molar-refractivity contribution in [2.75, 3.05) is 6.61 Å². The van der Waals surface area contributed by atoms with Crippen molar-refractivity contribution in [2.24, 2.45) is 5.92 Å². The summed E-state index contributed by atoms with van der Waals surface area (Å²) in [6.07, 6.45) is 0. The van der Waals surface area contributed by atoms with Gasteiger partial charge in [0.2, 0.25) is 0 Å². The molecule has 1 aromatic heterocycles. The van der Waals surface area contributed by atoms with Crippen molar-refractivity contribution in [2.45, 2.75) is 26.7 Å². The molecule has 0 saturated carbocycles. The van der Waals surface area contributed by atoms with E-state index in [4.69, 9.17) is 0 Å². The summed E-state index contributed by atoms with van der Waals surface area (Å²) in [6.45, 7) is 6.15. The van der Waals surface area contributed by atoms with Crippen molar-refractivity contribution in [3.8, 4) is 0 Å². The molecule has 0 spiro atoms. The number of hydrogen-bond donors (Lipinski definition) is 2. The summed E-state index contributed by atoms with van der Waals surface area (Å²) < 4.78 is 0. The molecule has 1 heterocycles. The van der Waals surface area contributed by atoms with E-state index in [1.54, 1.807) is 6.92 Å². The molecular weight excluding hydrogens is 226 g/mol. The van der Waals surface area contributed by atoms with Gasteiger partial charge in [0.15, 0.2) is 0 Å². The van der Waals surface area contributed by atoms with Crippen LogP contribution in [0.25, 0.3) is 10.9 Å². The zero-order chi connectivity index (χ0) is 13.3. The first-order chi connectivity index (χ1) is 8.52. The van der Waals surface area contributed by atoms with Gasteiger partial charge in [0.1, 0.15) is 0 Å². The molecule has 1 unspecified atom stereocenters. The van der Waals surface area contributed by atoms with E-state index in [2.05, 4.69) is 24.9 Å². The van der Waals surface area contributed by atoms with Crippen LogP contribution in [0, 0.1) is 12.8 Å². The van der Waals surface area contributed by atoms with Gasteiger partial charge in [-0.2, -0.15) is 0 Å². The summed E-state index contributed by atoms with van der Waals surface area (Å²) >= 11 is 0. The van der Waals surface area contributed by atoms with Crippen LogP contribution in [0.15, 0.2) is 29.1 Å². The number of nitrogens with one attached hydrogen (secondary N) is 1. The molecule has 1 atom stereocenters. The summed E-state index contributed by atoms with van der Waals surface area (Å²) in [5.41, 5.74) is 2.63. The van der Waals surface area contributed by atoms with Gasteiger partial charge in [0.25, 0.3) is 5.56 Å². The van der Waals surface area contributed by atoms with E-state index in [-0.39, 0.29) is 18.1 Å². The van der Waals surface area contributed by atoms with E-state index in [1.807, 2.05) is 18.2 Å². The van der Waals surface area contributed by atoms with Crippen molar-refractivity contribution in [3.05, 3.63) is 45.7 Å². The highest BCUT2D eigenvalue weighted by atomic mass is 16.3. The van der Waals surface area contributed by atoms with Crippen molar-refractivity contribution < 1.29 is 5.11 Å². The molecule has 0 aliphatic heterocycles. The molecule has 1 aromatic carbocycles. The number of aromatic nitrogens is 1. The van der Waals surface area contributed by atoms with E-state index in [1.165, 1.54) is 0 Å². The van der Waals surface area contributed by atoms with Crippen molar-refractivity contribution in [1.82, 2.24) is 4.98 Å². The number of aromatic amines is 1. The number of aryl methyl sites for hydroxylation is 1. The van der Waals surface area contributed by atoms with Gasteiger partial charge in [0.05, 0.1) is 6.61 Å². The maximum Gasteiger partial charge on any atom is 0.251 e.